The first kappa shape index (κ1) is 10.9. The second-order valence-electron chi connectivity index (χ2n) is 3.74. The molecule has 0 unspecified atom stereocenters. The maximum absolute atomic E-state index is 12.8. The number of pyridine rings is 1. The molecule has 3 nitrogen and oxygen atoms in total. The Morgan fingerprint density at radius 3 is 2.61 bits per heavy atom. The number of rotatable bonds is 1. The van der Waals surface area contributed by atoms with Crippen molar-refractivity contribution in [1.29, 1.82) is 0 Å². The Balaban J connectivity index is 2.24. The van der Waals surface area contributed by atoms with E-state index in [0.717, 1.165) is 10.5 Å². The number of fused-ring (bicyclic) bond motifs is 1. The SMILES string of the molecule is FC(F)(F)c1cccc2nc(-c3ccco3)cn12. The lowest BCUT2D eigenvalue weighted by Gasteiger charge is -2.08. The van der Waals surface area contributed by atoms with Crippen molar-refractivity contribution in [2.24, 2.45) is 0 Å². The third-order valence-electron chi connectivity index (χ3n) is 2.56. The number of hydrogen-bond donors (Lipinski definition) is 0. The standard InChI is InChI=1S/C12H7F3N2O/c13-12(14,15)10-4-1-5-11-16-8(7-17(10)11)9-3-2-6-18-9/h1-7H. The van der Waals surface area contributed by atoms with Crippen molar-refractivity contribution in [3.8, 4) is 11.5 Å². The minimum atomic E-state index is -4.42. The molecule has 0 aromatic carbocycles. The van der Waals surface area contributed by atoms with Crippen LogP contribution in [0.4, 0.5) is 13.2 Å². The van der Waals surface area contributed by atoms with Gasteiger partial charge in [-0.15, -0.1) is 0 Å². The molecule has 0 saturated heterocycles. The van der Waals surface area contributed by atoms with Gasteiger partial charge in [-0.1, -0.05) is 6.07 Å². The van der Waals surface area contributed by atoms with Gasteiger partial charge in [0.2, 0.25) is 0 Å². The summed E-state index contributed by atoms with van der Waals surface area (Å²) in [6, 6.07) is 7.17. The van der Waals surface area contributed by atoms with Crippen molar-refractivity contribution in [2.75, 3.05) is 0 Å². The van der Waals surface area contributed by atoms with Gasteiger partial charge < -0.3 is 4.42 Å². The summed E-state index contributed by atoms with van der Waals surface area (Å²) in [4.78, 5) is 4.10. The normalized spacial score (nSPS) is 12.2. The van der Waals surface area contributed by atoms with Gasteiger partial charge in [0, 0.05) is 6.20 Å². The van der Waals surface area contributed by atoms with Gasteiger partial charge in [-0.2, -0.15) is 13.2 Å². The fourth-order valence-electron chi connectivity index (χ4n) is 1.78. The maximum Gasteiger partial charge on any atom is 0.431 e. The van der Waals surface area contributed by atoms with Crippen LogP contribution in [-0.4, -0.2) is 9.38 Å². The fraction of sp³-hybridized carbons (Fsp3) is 0.0833. The van der Waals surface area contributed by atoms with E-state index in [1.807, 2.05) is 0 Å². The van der Waals surface area contributed by atoms with Crippen LogP contribution in [0.5, 0.6) is 0 Å². The van der Waals surface area contributed by atoms with Crippen LogP contribution < -0.4 is 0 Å². The largest absolute Gasteiger partial charge is 0.463 e. The van der Waals surface area contributed by atoms with Gasteiger partial charge in [-0.25, -0.2) is 4.98 Å². The maximum atomic E-state index is 12.8. The molecule has 0 bridgehead atoms. The predicted molar refractivity (Wildman–Crippen MR) is 57.9 cm³/mol. The molecule has 0 aliphatic rings. The molecule has 0 aliphatic heterocycles. The molecular weight excluding hydrogens is 245 g/mol. The number of halogens is 3. The van der Waals surface area contributed by atoms with Gasteiger partial charge in [0.05, 0.1) is 6.26 Å². The fourth-order valence-corrected chi connectivity index (χ4v) is 1.78. The Morgan fingerprint density at radius 1 is 1.11 bits per heavy atom. The van der Waals surface area contributed by atoms with Crippen LogP contribution in [-0.2, 0) is 6.18 Å². The minimum absolute atomic E-state index is 0.233. The Kier molecular flexibility index (Phi) is 2.19. The number of nitrogens with zero attached hydrogens (tertiary/aromatic N) is 2. The van der Waals surface area contributed by atoms with Crippen molar-refractivity contribution >= 4 is 5.65 Å². The van der Waals surface area contributed by atoms with E-state index in [2.05, 4.69) is 4.98 Å². The van der Waals surface area contributed by atoms with Crippen LogP contribution >= 0.6 is 0 Å². The van der Waals surface area contributed by atoms with Crippen molar-refractivity contribution in [3.05, 3.63) is 48.5 Å². The Hall–Kier alpha value is -2.24. The van der Waals surface area contributed by atoms with E-state index in [4.69, 9.17) is 4.42 Å². The lowest BCUT2D eigenvalue weighted by atomic mass is 10.3. The summed E-state index contributed by atoms with van der Waals surface area (Å²) in [6.45, 7) is 0. The van der Waals surface area contributed by atoms with Crippen LogP contribution in [0.15, 0.2) is 47.2 Å². The Morgan fingerprint density at radius 2 is 1.94 bits per heavy atom. The number of furan rings is 1. The third kappa shape index (κ3) is 1.66. The number of hydrogen-bond acceptors (Lipinski definition) is 2. The Labute approximate surface area is 99.5 Å². The Bertz CT molecular complexity index is 683. The molecule has 0 N–H and O–H groups in total. The van der Waals surface area contributed by atoms with Crippen molar-refractivity contribution in [1.82, 2.24) is 9.38 Å². The summed E-state index contributed by atoms with van der Waals surface area (Å²) in [5, 5.41) is 0. The molecule has 3 rings (SSSR count). The van der Waals surface area contributed by atoms with Crippen LogP contribution in [0.2, 0.25) is 0 Å². The van der Waals surface area contributed by atoms with E-state index < -0.39 is 11.9 Å². The second kappa shape index (κ2) is 3.63. The molecular formula is C12H7F3N2O. The zero-order chi connectivity index (χ0) is 12.8. The summed E-state index contributed by atoms with van der Waals surface area (Å²) < 4.78 is 44.5. The van der Waals surface area contributed by atoms with E-state index in [1.54, 1.807) is 12.1 Å². The summed E-state index contributed by atoms with van der Waals surface area (Å²) in [5.74, 6) is 0.437. The highest BCUT2D eigenvalue weighted by atomic mass is 19.4. The predicted octanol–water partition coefficient (Wildman–Crippen LogP) is 3.61. The van der Waals surface area contributed by atoms with Crippen LogP contribution in [0.25, 0.3) is 17.1 Å². The highest BCUT2D eigenvalue weighted by Gasteiger charge is 2.33. The van der Waals surface area contributed by atoms with Crippen LogP contribution in [0, 0.1) is 0 Å². The topological polar surface area (TPSA) is 30.4 Å². The van der Waals surface area contributed by atoms with Gasteiger partial charge in [-0.3, -0.25) is 4.40 Å². The molecule has 0 radical (unpaired) electrons. The molecule has 0 fully saturated rings. The average molecular weight is 252 g/mol. The van der Waals surface area contributed by atoms with E-state index in [9.17, 15) is 13.2 Å². The van der Waals surface area contributed by atoms with Gasteiger partial charge in [0.1, 0.15) is 17.0 Å². The average Bonchev–Trinajstić information content (AvgIpc) is 2.95. The molecule has 3 aromatic heterocycles. The van der Waals surface area contributed by atoms with Gasteiger partial charge in [-0.05, 0) is 24.3 Å². The minimum Gasteiger partial charge on any atom is -0.463 e. The first-order chi connectivity index (χ1) is 8.55. The zero-order valence-electron chi connectivity index (χ0n) is 8.98. The quantitative estimate of drug-likeness (QED) is 0.662. The first-order valence-electron chi connectivity index (χ1n) is 5.15. The molecule has 0 aliphatic carbocycles. The van der Waals surface area contributed by atoms with Gasteiger partial charge in [0.25, 0.3) is 0 Å². The smallest absolute Gasteiger partial charge is 0.431 e. The van der Waals surface area contributed by atoms with Crippen LogP contribution in [0.3, 0.4) is 0 Å². The highest BCUT2D eigenvalue weighted by Crippen LogP contribution is 2.31. The van der Waals surface area contributed by atoms with Crippen molar-refractivity contribution in [2.45, 2.75) is 6.18 Å². The summed E-state index contributed by atoms with van der Waals surface area (Å²) in [6.07, 6.45) is -1.65. The molecule has 18 heavy (non-hydrogen) atoms. The van der Waals surface area contributed by atoms with Gasteiger partial charge in [0.15, 0.2) is 5.76 Å². The van der Waals surface area contributed by atoms with Gasteiger partial charge >= 0.3 is 6.18 Å². The zero-order valence-corrected chi connectivity index (χ0v) is 8.98. The lowest BCUT2D eigenvalue weighted by Crippen LogP contribution is -2.10. The van der Waals surface area contributed by atoms with E-state index in [-0.39, 0.29) is 5.65 Å². The number of alkyl halides is 3. The second-order valence-corrected chi connectivity index (χ2v) is 3.74. The molecule has 0 saturated carbocycles. The van der Waals surface area contributed by atoms with Crippen molar-refractivity contribution in [3.63, 3.8) is 0 Å². The summed E-state index contributed by atoms with van der Waals surface area (Å²) >= 11 is 0. The summed E-state index contributed by atoms with van der Waals surface area (Å²) in [7, 11) is 0. The number of aromatic nitrogens is 2. The number of imidazole rings is 1. The molecule has 6 heteroatoms. The lowest BCUT2D eigenvalue weighted by molar-refractivity contribution is -0.142. The molecule has 3 aromatic rings. The summed E-state index contributed by atoms with van der Waals surface area (Å²) in [5.41, 5.74) is -0.154. The molecule has 92 valence electrons. The molecule has 0 amide bonds. The van der Waals surface area contributed by atoms with E-state index in [1.165, 1.54) is 24.6 Å². The molecule has 3 heterocycles. The molecule has 0 atom stereocenters. The van der Waals surface area contributed by atoms with Crippen LogP contribution in [0.1, 0.15) is 5.69 Å². The third-order valence-corrected chi connectivity index (χ3v) is 2.56. The first-order valence-corrected chi connectivity index (χ1v) is 5.15. The highest BCUT2D eigenvalue weighted by molar-refractivity contribution is 5.57. The monoisotopic (exact) mass is 252 g/mol. The van der Waals surface area contributed by atoms with E-state index in [0.29, 0.717) is 11.5 Å². The molecule has 0 spiro atoms. The van der Waals surface area contributed by atoms with E-state index >= 15 is 0 Å². The van der Waals surface area contributed by atoms with Crippen molar-refractivity contribution < 1.29 is 17.6 Å².